The van der Waals surface area contributed by atoms with E-state index in [1.54, 1.807) is 7.11 Å². The fourth-order valence-corrected chi connectivity index (χ4v) is 2.89. The summed E-state index contributed by atoms with van der Waals surface area (Å²) in [5.41, 5.74) is 3.24. The Labute approximate surface area is 136 Å². The second-order valence-corrected chi connectivity index (χ2v) is 5.75. The molecular weight excluding hydrogens is 290 g/mol. The average molecular weight is 311 g/mol. The largest absolute Gasteiger partial charge is 0.497 e. The first kappa shape index (κ1) is 15.4. The molecule has 0 saturated carbocycles. The first-order valence-corrected chi connectivity index (χ1v) is 7.84. The molecule has 0 aliphatic carbocycles. The maximum atomic E-state index is 12.5. The van der Waals surface area contributed by atoms with E-state index in [0.717, 1.165) is 47.7 Å². The Kier molecular flexibility index (Phi) is 4.51. The molecule has 3 rings (SSSR count). The zero-order valence-electron chi connectivity index (χ0n) is 13.5. The number of carbonyl (C=O) groups excluding carboxylic acids is 1. The van der Waals surface area contributed by atoms with E-state index < -0.39 is 0 Å². The molecule has 0 radical (unpaired) electrons. The van der Waals surface area contributed by atoms with E-state index >= 15 is 0 Å². The standard InChI is InChI=1S/C19H21NO3/c1-14-5-3-7-17(11-14)23-13-19(21)20-10-4-6-15-12-16(22-2)8-9-18(15)20/h3,5,7-9,11-12H,4,6,10,13H2,1-2H3. The summed E-state index contributed by atoms with van der Waals surface area (Å²) in [6.07, 6.45) is 1.92. The number of nitrogens with zero attached hydrogens (tertiary/aromatic N) is 1. The van der Waals surface area contributed by atoms with Crippen molar-refractivity contribution in [1.29, 1.82) is 0 Å². The van der Waals surface area contributed by atoms with Gasteiger partial charge in [0.2, 0.25) is 0 Å². The third-order valence-electron chi connectivity index (χ3n) is 4.06. The van der Waals surface area contributed by atoms with Crippen LogP contribution in [0.5, 0.6) is 11.5 Å². The van der Waals surface area contributed by atoms with Gasteiger partial charge in [0.05, 0.1) is 7.11 Å². The highest BCUT2D eigenvalue weighted by Crippen LogP contribution is 2.30. The van der Waals surface area contributed by atoms with E-state index in [-0.39, 0.29) is 12.5 Å². The quantitative estimate of drug-likeness (QED) is 0.869. The lowest BCUT2D eigenvalue weighted by Gasteiger charge is -2.29. The molecule has 0 saturated heterocycles. The Morgan fingerprint density at radius 1 is 1.17 bits per heavy atom. The molecule has 1 aliphatic rings. The number of hydrogen-bond donors (Lipinski definition) is 0. The number of hydrogen-bond acceptors (Lipinski definition) is 3. The summed E-state index contributed by atoms with van der Waals surface area (Å²) in [6, 6.07) is 13.6. The molecule has 0 fully saturated rings. The first-order valence-electron chi connectivity index (χ1n) is 7.84. The van der Waals surface area contributed by atoms with Crippen LogP contribution in [0.25, 0.3) is 0 Å². The van der Waals surface area contributed by atoms with Crippen molar-refractivity contribution in [1.82, 2.24) is 0 Å². The van der Waals surface area contributed by atoms with Crippen molar-refractivity contribution in [3.63, 3.8) is 0 Å². The van der Waals surface area contributed by atoms with Gasteiger partial charge in [-0.25, -0.2) is 0 Å². The minimum Gasteiger partial charge on any atom is -0.497 e. The van der Waals surface area contributed by atoms with E-state index in [9.17, 15) is 4.79 Å². The summed E-state index contributed by atoms with van der Waals surface area (Å²) in [7, 11) is 1.66. The van der Waals surface area contributed by atoms with Gasteiger partial charge >= 0.3 is 0 Å². The van der Waals surface area contributed by atoms with Crippen LogP contribution in [-0.4, -0.2) is 26.2 Å². The molecule has 2 aromatic rings. The summed E-state index contributed by atoms with van der Waals surface area (Å²) in [4.78, 5) is 14.4. The summed E-state index contributed by atoms with van der Waals surface area (Å²) >= 11 is 0. The Morgan fingerprint density at radius 3 is 2.83 bits per heavy atom. The molecule has 1 aliphatic heterocycles. The molecular formula is C19H21NO3. The Balaban J connectivity index is 1.71. The van der Waals surface area contributed by atoms with Crippen LogP contribution in [0.15, 0.2) is 42.5 Å². The van der Waals surface area contributed by atoms with Crippen LogP contribution < -0.4 is 14.4 Å². The van der Waals surface area contributed by atoms with Crippen molar-refractivity contribution in [3.8, 4) is 11.5 Å². The molecule has 0 unspecified atom stereocenters. The van der Waals surface area contributed by atoms with Gasteiger partial charge in [-0.1, -0.05) is 12.1 Å². The number of anilines is 1. The molecule has 0 bridgehead atoms. The normalized spacial score (nSPS) is 13.4. The monoisotopic (exact) mass is 311 g/mol. The van der Waals surface area contributed by atoms with E-state index in [1.807, 2.05) is 54.3 Å². The molecule has 2 aromatic carbocycles. The lowest BCUT2D eigenvalue weighted by Crippen LogP contribution is -2.38. The van der Waals surface area contributed by atoms with Crippen molar-refractivity contribution in [2.75, 3.05) is 25.2 Å². The maximum Gasteiger partial charge on any atom is 0.264 e. The zero-order valence-corrected chi connectivity index (χ0v) is 13.5. The van der Waals surface area contributed by atoms with Gasteiger partial charge in [-0.2, -0.15) is 0 Å². The number of amides is 1. The minimum absolute atomic E-state index is 0.0161. The molecule has 23 heavy (non-hydrogen) atoms. The smallest absolute Gasteiger partial charge is 0.264 e. The number of rotatable bonds is 4. The van der Waals surface area contributed by atoms with Crippen LogP contribution in [0.3, 0.4) is 0 Å². The summed E-state index contributed by atoms with van der Waals surface area (Å²) in [6.45, 7) is 2.78. The molecule has 4 nitrogen and oxygen atoms in total. The molecule has 1 heterocycles. The number of fused-ring (bicyclic) bond motifs is 1. The first-order chi connectivity index (χ1) is 11.2. The van der Waals surface area contributed by atoms with Gasteiger partial charge in [0.25, 0.3) is 5.91 Å². The van der Waals surface area contributed by atoms with Crippen LogP contribution >= 0.6 is 0 Å². The third-order valence-corrected chi connectivity index (χ3v) is 4.06. The lowest BCUT2D eigenvalue weighted by molar-refractivity contribution is -0.120. The van der Waals surface area contributed by atoms with E-state index in [4.69, 9.17) is 9.47 Å². The Morgan fingerprint density at radius 2 is 2.04 bits per heavy atom. The topological polar surface area (TPSA) is 38.8 Å². The van der Waals surface area contributed by atoms with Crippen LogP contribution in [0.1, 0.15) is 17.5 Å². The van der Waals surface area contributed by atoms with Gasteiger partial charge in [-0.3, -0.25) is 4.79 Å². The van der Waals surface area contributed by atoms with E-state index in [2.05, 4.69) is 0 Å². The second-order valence-electron chi connectivity index (χ2n) is 5.75. The number of carbonyl (C=O) groups is 1. The fraction of sp³-hybridized carbons (Fsp3) is 0.316. The van der Waals surface area contributed by atoms with Gasteiger partial charge < -0.3 is 14.4 Å². The molecule has 120 valence electrons. The highest BCUT2D eigenvalue weighted by atomic mass is 16.5. The van der Waals surface area contributed by atoms with Gasteiger partial charge in [0, 0.05) is 12.2 Å². The number of methoxy groups -OCH3 is 1. The van der Waals surface area contributed by atoms with Crippen LogP contribution in [0.4, 0.5) is 5.69 Å². The van der Waals surface area contributed by atoms with Gasteiger partial charge in [0.15, 0.2) is 6.61 Å². The SMILES string of the molecule is COc1ccc2c(c1)CCCN2C(=O)COc1cccc(C)c1. The molecule has 0 N–H and O–H groups in total. The van der Waals surface area contributed by atoms with Crippen molar-refractivity contribution >= 4 is 11.6 Å². The highest BCUT2D eigenvalue weighted by Gasteiger charge is 2.23. The van der Waals surface area contributed by atoms with E-state index in [1.165, 1.54) is 0 Å². The Bertz CT molecular complexity index is 712. The van der Waals surface area contributed by atoms with E-state index in [0.29, 0.717) is 0 Å². The van der Waals surface area contributed by atoms with Crippen molar-refractivity contribution in [2.24, 2.45) is 0 Å². The number of ether oxygens (including phenoxy) is 2. The average Bonchev–Trinajstić information content (AvgIpc) is 2.58. The van der Waals surface area contributed by atoms with Crippen LogP contribution in [0, 0.1) is 6.92 Å². The van der Waals surface area contributed by atoms with Gasteiger partial charge in [-0.15, -0.1) is 0 Å². The summed E-state index contributed by atoms with van der Waals surface area (Å²) in [5, 5.41) is 0. The Hall–Kier alpha value is -2.49. The minimum atomic E-state index is -0.0161. The summed E-state index contributed by atoms with van der Waals surface area (Å²) < 4.78 is 10.9. The van der Waals surface area contributed by atoms with Gasteiger partial charge in [-0.05, 0) is 61.2 Å². The zero-order chi connectivity index (χ0) is 16.2. The lowest BCUT2D eigenvalue weighted by atomic mass is 10.0. The second kappa shape index (κ2) is 6.73. The predicted octanol–water partition coefficient (Wildman–Crippen LogP) is 3.36. The fourth-order valence-electron chi connectivity index (χ4n) is 2.89. The maximum absolute atomic E-state index is 12.5. The predicted molar refractivity (Wildman–Crippen MR) is 90.3 cm³/mol. The molecule has 0 spiro atoms. The number of aryl methyl sites for hydroxylation is 2. The van der Waals surface area contributed by atoms with Crippen molar-refractivity contribution in [2.45, 2.75) is 19.8 Å². The highest BCUT2D eigenvalue weighted by molar-refractivity contribution is 5.95. The summed E-state index contributed by atoms with van der Waals surface area (Å²) in [5.74, 6) is 1.54. The van der Waals surface area contributed by atoms with Gasteiger partial charge in [0.1, 0.15) is 11.5 Å². The van der Waals surface area contributed by atoms with Crippen molar-refractivity contribution < 1.29 is 14.3 Å². The van der Waals surface area contributed by atoms with Crippen molar-refractivity contribution in [3.05, 3.63) is 53.6 Å². The molecule has 0 atom stereocenters. The van der Waals surface area contributed by atoms with Crippen LogP contribution in [0.2, 0.25) is 0 Å². The van der Waals surface area contributed by atoms with Crippen LogP contribution in [-0.2, 0) is 11.2 Å². The molecule has 4 heteroatoms. The molecule has 1 amide bonds. The molecule has 0 aromatic heterocycles. The number of benzene rings is 2. The third kappa shape index (κ3) is 3.47.